The molecule has 0 fully saturated rings. The predicted octanol–water partition coefficient (Wildman–Crippen LogP) is 3.69. The molecule has 20 heavy (non-hydrogen) atoms. The summed E-state index contributed by atoms with van der Waals surface area (Å²) in [6.45, 7) is 3.14. The van der Waals surface area contributed by atoms with E-state index in [1.165, 1.54) is 39.7 Å². The molecule has 1 aliphatic rings. The zero-order chi connectivity index (χ0) is 13.9. The van der Waals surface area contributed by atoms with E-state index in [1.54, 1.807) is 0 Å². The van der Waals surface area contributed by atoms with Crippen molar-refractivity contribution in [2.75, 3.05) is 6.54 Å². The highest BCUT2D eigenvalue weighted by Gasteiger charge is 2.21. The topological polar surface area (TPSA) is 40.7 Å². The summed E-state index contributed by atoms with van der Waals surface area (Å²) in [5.74, 6) is 0. The fourth-order valence-corrected chi connectivity index (χ4v) is 3.39. The number of hydrogen-bond donors (Lipinski definition) is 2. The Hall–Kier alpha value is -1.13. The smallest absolute Gasteiger partial charge is 0.0522 e. The van der Waals surface area contributed by atoms with Crippen LogP contribution in [0.3, 0.4) is 0 Å². The molecule has 0 saturated carbocycles. The first-order valence-electron chi connectivity index (χ1n) is 7.24. The first kappa shape index (κ1) is 13.8. The largest absolute Gasteiger partial charge is 0.310 e. The molecule has 2 N–H and O–H groups in total. The SMILES string of the molecule is Cc1[nH]ncc1CCCNC1CCc2cc(Br)ccc21. The molecule has 1 unspecified atom stereocenters. The van der Waals surface area contributed by atoms with Gasteiger partial charge in [0.2, 0.25) is 0 Å². The number of hydrogen-bond acceptors (Lipinski definition) is 2. The van der Waals surface area contributed by atoms with Gasteiger partial charge in [0.1, 0.15) is 0 Å². The van der Waals surface area contributed by atoms with E-state index < -0.39 is 0 Å². The van der Waals surface area contributed by atoms with Crippen molar-refractivity contribution in [3.63, 3.8) is 0 Å². The number of aryl methyl sites for hydroxylation is 3. The summed E-state index contributed by atoms with van der Waals surface area (Å²) in [5, 5.41) is 10.8. The molecule has 1 aliphatic carbocycles. The van der Waals surface area contributed by atoms with Crippen LogP contribution in [-0.4, -0.2) is 16.7 Å². The van der Waals surface area contributed by atoms with Crippen LogP contribution in [0.2, 0.25) is 0 Å². The van der Waals surface area contributed by atoms with E-state index in [-0.39, 0.29) is 0 Å². The minimum atomic E-state index is 0.531. The van der Waals surface area contributed by atoms with Crippen LogP contribution in [0.1, 0.15) is 41.3 Å². The molecule has 0 amide bonds. The maximum Gasteiger partial charge on any atom is 0.0522 e. The Kier molecular flexibility index (Phi) is 4.22. The van der Waals surface area contributed by atoms with Gasteiger partial charge in [-0.15, -0.1) is 0 Å². The van der Waals surface area contributed by atoms with E-state index in [4.69, 9.17) is 0 Å². The van der Waals surface area contributed by atoms with Crippen LogP contribution < -0.4 is 5.32 Å². The molecule has 4 heteroatoms. The Labute approximate surface area is 128 Å². The van der Waals surface area contributed by atoms with E-state index >= 15 is 0 Å². The Morgan fingerprint density at radius 2 is 2.35 bits per heavy atom. The molecule has 2 aromatic rings. The van der Waals surface area contributed by atoms with Crippen LogP contribution in [0.4, 0.5) is 0 Å². The number of aromatic nitrogens is 2. The molecular formula is C16H20BrN3. The third kappa shape index (κ3) is 2.96. The molecular weight excluding hydrogens is 314 g/mol. The van der Waals surface area contributed by atoms with Crippen molar-refractivity contribution in [3.05, 3.63) is 51.3 Å². The lowest BCUT2D eigenvalue weighted by Gasteiger charge is -2.14. The molecule has 0 saturated heterocycles. The van der Waals surface area contributed by atoms with Crippen LogP contribution in [0.25, 0.3) is 0 Å². The summed E-state index contributed by atoms with van der Waals surface area (Å²) < 4.78 is 1.19. The summed E-state index contributed by atoms with van der Waals surface area (Å²) >= 11 is 3.55. The van der Waals surface area contributed by atoms with Crippen molar-refractivity contribution in [1.29, 1.82) is 0 Å². The summed E-state index contributed by atoms with van der Waals surface area (Å²) in [7, 11) is 0. The zero-order valence-corrected chi connectivity index (χ0v) is 13.3. The lowest BCUT2D eigenvalue weighted by molar-refractivity contribution is 0.520. The van der Waals surface area contributed by atoms with Crippen molar-refractivity contribution in [1.82, 2.24) is 15.5 Å². The van der Waals surface area contributed by atoms with Gasteiger partial charge in [-0.3, -0.25) is 5.10 Å². The Balaban J connectivity index is 1.50. The van der Waals surface area contributed by atoms with Crippen molar-refractivity contribution < 1.29 is 0 Å². The number of H-pyrrole nitrogens is 1. The summed E-state index contributed by atoms with van der Waals surface area (Å²) in [6.07, 6.45) is 6.60. The van der Waals surface area contributed by atoms with E-state index in [9.17, 15) is 0 Å². The van der Waals surface area contributed by atoms with Gasteiger partial charge in [-0.2, -0.15) is 5.10 Å². The first-order chi connectivity index (χ1) is 9.74. The maximum atomic E-state index is 4.07. The van der Waals surface area contributed by atoms with Gasteiger partial charge >= 0.3 is 0 Å². The highest BCUT2D eigenvalue weighted by molar-refractivity contribution is 9.10. The van der Waals surface area contributed by atoms with Gasteiger partial charge in [0, 0.05) is 16.2 Å². The molecule has 1 aromatic carbocycles. The molecule has 0 radical (unpaired) electrons. The maximum absolute atomic E-state index is 4.07. The van der Waals surface area contributed by atoms with Gasteiger partial charge < -0.3 is 5.32 Å². The Morgan fingerprint density at radius 1 is 1.45 bits per heavy atom. The summed E-state index contributed by atoms with van der Waals surface area (Å²) in [4.78, 5) is 0. The van der Waals surface area contributed by atoms with E-state index in [0.29, 0.717) is 6.04 Å². The molecule has 3 rings (SSSR count). The molecule has 0 spiro atoms. The quantitative estimate of drug-likeness (QED) is 0.819. The highest BCUT2D eigenvalue weighted by Crippen LogP contribution is 2.32. The standard InChI is InChI=1S/C16H20BrN3/c1-11-13(10-19-20-11)3-2-8-18-16-7-4-12-9-14(17)5-6-15(12)16/h5-6,9-10,16,18H,2-4,7-8H2,1H3,(H,19,20). The minimum Gasteiger partial charge on any atom is -0.310 e. The fourth-order valence-electron chi connectivity index (χ4n) is 2.98. The highest BCUT2D eigenvalue weighted by atomic mass is 79.9. The van der Waals surface area contributed by atoms with Crippen LogP contribution in [0.5, 0.6) is 0 Å². The van der Waals surface area contributed by atoms with Gasteiger partial charge in [0.25, 0.3) is 0 Å². The second kappa shape index (κ2) is 6.10. The first-order valence-corrected chi connectivity index (χ1v) is 8.04. The molecule has 106 valence electrons. The summed E-state index contributed by atoms with van der Waals surface area (Å²) in [5.41, 5.74) is 5.50. The molecule has 1 aromatic heterocycles. The van der Waals surface area contributed by atoms with Gasteiger partial charge in [-0.1, -0.05) is 22.0 Å². The Bertz CT molecular complexity index is 591. The third-order valence-electron chi connectivity index (χ3n) is 4.13. The third-order valence-corrected chi connectivity index (χ3v) is 4.62. The number of benzene rings is 1. The van der Waals surface area contributed by atoms with Crippen molar-refractivity contribution in [2.45, 2.75) is 38.6 Å². The van der Waals surface area contributed by atoms with E-state index in [0.717, 1.165) is 19.4 Å². The number of fused-ring (bicyclic) bond motifs is 1. The zero-order valence-electron chi connectivity index (χ0n) is 11.7. The van der Waals surface area contributed by atoms with E-state index in [1.807, 2.05) is 6.20 Å². The van der Waals surface area contributed by atoms with Crippen molar-refractivity contribution >= 4 is 15.9 Å². The summed E-state index contributed by atoms with van der Waals surface area (Å²) in [6, 6.07) is 7.19. The van der Waals surface area contributed by atoms with Gasteiger partial charge in [-0.25, -0.2) is 0 Å². The van der Waals surface area contributed by atoms with E-state index in [2.05, 4.69) is 56.6 Å². The molecule has 1 heterocycles. The van der Waals surface area contributed by atoms with Crippen molar-refractivity contribution in [3.8, 4) is 0 Å². The number of rotatable bonds is 5. The average molecular weight is 334 g/mol. The number of halogens is 1. The fraction of sp³-hybridized carbons (Fsp3) is 0.438. The number of nitrogens with one attached hydrogen (secondary N) is 2. The Morgan fingerprint density at radius 3 is 3.15 bits per heavy atom. The molecule has 0 bridgehead atoms. The van der Waals surface area contributed by atoms with Crippen LogP contribution in [0.15, 0.2) is 28.9 Å². The van der Waals surface area contributed by atoms with Crippen LogP contribution >= 0.6 is 15.9 Å². The van der Waals surface area contributed by atoms with Gasteiger partial charge in [0.15, 0.2) is 0 Å². The molecule has 3 nitrogen and oxygen atoms in total. The van der Waals surface area contributed by atoms with Crippen molar-refractivity contribution in [2.24, 2.45) is 0 Å². The number of nitrogens with zero attached hydrogens (tertiary/aromatic N) is 1. The van der Waals surface area contributed by atoms with Gasteiger partial charge in [-0.05, 0) is 68.0 Å². The van der Waals surface area contributed by atoms with Crippen LogP contribution in [-0.2, 0) is 12.8 Å². The van der Waals surface area contributed by atoms with Gasteiger partial charge in [0.05, 0.1) is 6.20 Å². The molecule has 0 aliphatic heterocycles. The lowest BCUT2D eigenvalue weighted by Crippen LogP contribution is -2.20. The average Bonchev–Trinajstić information content (AvgIpc) is 3.01. The number of aromatic amines is 1. The lowest BCUT2D eigenvalue weighted by atomic mass is 10.1. The van der Waals surface area contributed by atoms with Crippen LogP contribution in [0, 0.1) is 6.92 Å². The minimum absolute atomic E-state index is 0.531. The monoisotopic (exact) mass is 333 g/mol. The normalized spacial score (nSPS) is 17.4. The predicted molar refractivity (Wildman–Crippen MR) is 84.9 cm³/mol. The second-order valence-electron chi connectivity index (χ2n) is 5.51. The molecule has 1 atom stereocenters. The second-order valence-corrected chi connectivity index (χ2v) is 6.43.